The number of carbonyl (C=O) groups excluding carboxylic acids is 4. The van der Waals surface area contributed by atoms with E-state index >= 15 is 0 Å². The Bertz CT molecular complexity index is 1420. The molecule has 4 rings (SSSR count). The average Bonchev–Trinajstić information content (AvgIpc) is 2.93. The van der Waals surface area contributed by atoms with Gasteiger partial charge in [0.1, 0.15) is 17.8 Å². The number of aliphatic hydroxyl groups is 1. The Hall–Kier alpha value is -4.27. The highest BCUT2D eigenvalue weighted by Crippen LogP contribution is 2.30. The van der Waals surface area contributed by atoms with Crippen molar-refractivity contribution in [1.29, 1.82) is 0 Å². The third kappa shape index (κ3) is 6.71. The van der Waals surface area contributed by atoms with Crippen LogP contribution in [0.15, 0.2) is 18.3 Å². The Balaban J connectivity index is 1.73. The highest BCUT2D eigenvalue weighted by molar-refractivity contribution is 5.98. The maximum absolute atomic E-state index is 14.7. The highest BCUT2D eigenvalue weighted by Gasteiger charge is 2.41. The van der Waals surface area contributed by atoms with Gasteiger partial charge < -0.3 is 31.5 Å². The van der Waals surface area contributed by atoms with E-state index < -0.39 is 107 Å². The fraction of sp³-hybridized carbons (Fsp3) is 0.500. The summed E-state index contributed by atoms with van der Waals surface area (Å²) in [5.41, 5.74) is -1.30. The van der Waals surface area contributed by atoms with Gasteiger partial charge >= 0.3 is 0 Å². The number of aromatic nitrogens is 2. The number of nitrogens with one attached hydrogen (secondary N) is 4. The van der Waals surface area contributed by atoms with Crippen molar-refractivity contribution in [3.63, 3.8) is 0 Å². The van der Waals surface area contributed by atoms with Gasteiger partial charge in [-0.15, -0.1) is 0 Å². The van der Waals surface area contributed by atoms with Crippen LogP contribution in [0, 0.1) is 36.5 Å². The summed E-state index contributed by atoms with van der Waals surface area (Å²) in [4.78, 5) is 60.0. The summed E-state index contributed by atoms with van der Waals surface area (Å²) < 4.78 is 42.8. The summed E-state index contributed by atoms with van der Waals surface area (Å²) in [6.45, 7) is 3.85. The van der Waals surface area contributed by atoms with E-state index in [9.17, 15) is 42.6 Å². The van der Waals surface area contributed by atoms with E-state index in [0.717, 1.165) is 13.3 Å². The molecule has 2 aromatic rings. The Morgan fingerprint density at radius 2 is 1.74 bits per heavy atom. The van der Waals surface area contributed by atoms with Gasteiger partial charge in [0.2, 0.25) is 23.7 Å². The standard InChI is InChI=1S/C28H33F3N6O6/c1-11-15(23(30)37-24(31)18(11)29)10-16-22(39)12(2)25(40)36-20(14-6-4-7-14)27(42)33-13(3)19(26(41)34-16)35-28(43)21-17(38)8-5-9-32-21/h5,8-9,12-14,16,19-20,22,38-39H,4,6-7,10H2,1-3H3,(H,33,42)(H,34,41)(H,35,43)(H,36,40)/t12-,13-,16+,19+,20?,22+/m1/s1. The minimum Gasteiger partial charge on any atom is -0.505 e. The fourth-order valence-electron chi connectivity index (χ4n) is 5.19. The smallest absolute Gasteiger partial charge is 0.274 e. The number of halogens is 3. The van der Waals surface area contributed by atoms with Crippen LogP contribution in [0.4, 0.5) is 13.2 Å². The monoisotopic (exact) mass is 606 g/mol. The van der Waals surface area contributed by atoms with Crippen molar-refractivity contribution in [1.82, 2.24) is 31.2 Å². The van der Waals surface area contributed by atoms with Gasteiger partial charge in [-0.1, -0.05) is 13.3 Å². The summed E-state index contributed by atoms with van der Waals surface area (Å²) in [5, 5.41) is 31.6. The van der Waals surface area contributed by atoms with E-state index in [1.807, 2.05) is 0 Å². The lowest BCUT2D eigenvalue weighted by atomic mass is 9.78. The summed E-state index contributed by atoms with van der Waals surface area (Å²) in [6, 6.07) is -2.53. The van der Waals surface area contributed by atoms with Crippen molar-refractivity contribution in [2.24, 2.45) is 11.8 Å². The molecule has 2 aromatic heterocycles. The van der Waals surface area contributed by atoms with E-state index in [4.69, 9.17) is 0 Å². The molecule has 3 heterocycles. The summed E-state index contributed by atoms with van der Waals surface area (Å²) >= 11 is 0. The summed E-state index contributed by atoms with van der Waals surface area (Å²) in [7, 11) is 0. The van der Waals surface area contributed by atoms with Crippen molar-refractivity contribution < 1.29 is 42.6 Å². The van der Waals surface area contributed by atoms with Crippen molar-refractivity contribution >= 4 is 23.6 Å². The first-order chi connectivity index (χ1) is 20.3. The third-order valence-electron chi connectivity index (χ3n) is 8.14. The number of hydrogen-bond acceptors (Lipinski definition) is 8. The lowest BCUT2D eigenvalue weighted by Gasteiger charge is -2.37. The topological polar surface area (TPSA) is 183 Å². The lowest BCUT2D eigenvalue weighted by Crippen LogP contribution is -2.65. The zero-order valence-corrected chi connectivity index (χ0v) is 23.7. The lowest BCUT2D eigenvalue weighted by molar-refractivity contribution is -0.137. The van der Waals surface area contributed by atoms with Gasteiger partial charge in [-0.2, -0.15) is 13.8 Å². The molecule has 0 aromatic carbocycles. The van der Waals surface area contributed by atoms with E-state index in [-0.39, 0.29) is 5.92 Å². The molecule has 2 aliphatic rings. The van der Waals surface area contributed by atoms with Crippen molar-refractivity contribution in [2.45, 2.75) is 76.7 Å². The molecule has 1 aliphatic heterocycles. The molecule has 1 unspecified atom stereocenters. The predicted octanol–water partition coefficient (Wildman–Crippen LogP) is 0.534. The number of aromatic hydroxyl groups is 1. The fourth-order valence-corrected chi connectivity index (χ4v) is 5.19. The molecule has 0 spiro atoms. The normalized spacial score (nSPS) is 27.1. The molecule has 1 aliphatic carbocycles. The van der Waals surface area contributed by atoms with Crippen LogP contribution in [0.3, 0.4) is 0 Å². The second-order valence-electron chi connectivity index (χ2n) is 11.0. The SMILES string of the molecule is Cc1c(F)c(F)nc(F)c1C[C@@H]1NC(=O)[C@@H](NC(=O)c2ncccc2O)[C@@H](C)NC(=O)C(C2CCC2)NC(=O)[C@H](C)[C@@H]1O. The molecule has 2 fully saturated rings. The maximum Gasteiger partial charge on any atom is 0.274 e. The van der Waals surface area contributed by atoms with Gasteiger partial charge in [-0.3, -0.25) is 19.2 Å². The molecule has 1 saturated heterocycles. The van der Waals surface area contributed by atoms with Crippen molar-refractivity contribution in [2.75, 3.05) is 0 Å². The molecule has 1 saturated carbocycles. The second kappa shape index (κ2) is 12.9. The Labute approximate surface area is 244 Å². The van der Waals surface area contributed by atoms with Crippen molar-refractivity contribution in [3.8, 4) is 5.75 Å². The predicted molar refractivity (Wildman–Crippen MR) is 144 cm³/mol. The van der Waals surface area contributed by atoms with Gasteiger partial charge in [-0.05, 0) is 50.3 Å². The second-order valence-corrected chi connectivity index (χ2v) is 11.0. The zero-order chi connectivity index (χ0) is 31.6. The van der Waals surface area contributed by atoms with Gasteiger partial charge in [0.15, 0.2) is 11.5 Å². The molecular weight excluding hydrogens is 573 g/mol. The van der Waals surface area contributed by atoms with E-state index in [2.05, 4.69) is 31.2 Å². The first-order valence-corrected chi connectivity index (χ1v) is 13.8. The number of amides is 4. The summed E-state index contributed by atoms with van der Waals surface area (Å²) in [6.07, 6.45) is 1.05. The number of rotatable bonds is 5. The molecule has 43 heavy (non-hydrogen) atoms. The third-order valence-corrected chi connectivity index (χ3v) is 8.14. The molecule has 12 nitrogen and oxygen atoms in total. The summed E-state index contributed by atoms with van der Waals surface area (Å²) in [5.74, 6) is -9.67. The molecule has 232 valence electrons. The Kier molecular flexibility index (Phi) is 9.52. The Morgan fingerprint density at radius 3 is 2.37 bits per heavy atom. The zero-order valence-electron chi connectivity index (χ0n) is 23.7. The molecule has 4 amide bonds. The van der Waals surface area contributed by atoms with E-state index in [1.165, 1.54) is 32.2 Å². The van der Waals surface area contributed by atoms with Crippen LogP contribution in [-0.4, -0.2) is 74.1 Å². The first kappa shape index (κ1) is 31.7. The number of aliphatic hydroxyl groups excluding tert-OH is 1. The highest BCUT2D eigenvalue weighted by atomic mass is 19.2. The van der Waals surface area contributed by atoms with Crippen molar-refractivity contribution in [3.05, 3.63) is 52.9 Å². The van der Waals surface area contributed by atoms with Crippen LogP contribution < -0.4 is 21.3 Å². The Morgan fingerprint density at radius 1 is 1.05 bits per heavy atom. The molecule has 15 heteroatoms. The minimum atomic E-state index is -1.72. The maximum atomic E-state index is 14.7. The number of hydrogen-bond donors (Lipinski definition) is 6. The quantitative estimate of drug-likeness (QED) is 0.267. The van der Waals surface area contributed by atoms with Gasteiger partial charge in [0.25, 0.3) is 11.9 Å². The average molecular weight is 607 g/mol. The van der Waals surface area contributed by atoms with Crippen LogP contribution >= 0.6 is 0 Å². The van der Waals surface area contributed by atoms with Gasteiger partial charge in [0, 0.05) is 18.2 Å². The molecule has 6 N–H and O–H groups in total. The van der Waals surface area contributed by atoms with Gasteiger partial charge in [-0.25, -0.2) is 9.37 Å². The van der Waals surface area contributed by atoms with E-state index in [1.54, 1.807) is 0 Å². The van der Waals surface area contributed by atoms with Crippen LogP contribution in [-0.2, 0) is 20.8 Å². The van der Waals surface area contributed by atoms with Crippen LogP contribution in [0.5, 0.6) is 5.75 Å². The number of nitrogens with zero attached hydrogens (tertiary/aromatic N) is 2. The molecule has 0 bridgehead atoms. The van der Waals surface area contributed by atoms with Crippen LogP contribution in [0.1, 0.15) is 54.7 Å². The molecule has 6 atom stereocenters. The number of pyridine rings is 2. The van der Waals surface area contributed by atoms with Crippen LogP contribution in [0.25, 0.3) is 0 Å². The van der Waals surface area contributed by atoms with Crippen LogP contribution in [0.2, 0.25) is 0 Å². The minimum absolute atomic E-state index is 0.212. The number of carbonyl (C=O) groups is 4. The van der Waals surface area contributed by atoms with Gasteiger partial charge in [0.05, 0.1) is 24.1 Å². The largest absolute Gasteiger partial charge is 0.505 e. The van der Waals surface area contributed by atoms with E-state index in [0.29, 0.717) is 12.8 Å². The first-order valence-electron chi connectivity index (χ1n) is 13.8. The molecule has 0 radical (unpaired) electrons. The molecular formula is C28H33F3N6O6.